The van der Waals surface area contributed by atoms with Gasteiger partial charge in [-0.1, -0.05) is 11.6 Å². The van der Waals surface area contributed by atoms with E-state index >= 15 is 0 Å². The van der Waals surface area contributed by atoms with Gasteiger partial charge in [-0.25, -0.2) is 0 Å². The van der Waals surface area contributed by atoms with Crippen LogP contribution in [0.15, 0.2) is 18.3 Å². The van der Waals surface area contributed by atoms with Gasteiger partial charge in [0.15, 0.2) is 0 Å². The fraction of sp³-hybridized carbons (Fsp3) is 0.500. The van der Waals surface area contributed by atoms with E-state index in [0.717, 1.165) is 49.8 Å². The Kier molecular flexibility index (Phi) is 3.06. The van der Waals surface area contributed by atoms with Gasteiger partial charge >= 0.3 is 0 Å². The van der Waals surface area contributed by atoms with Gasteiger partial charge in [0.25, 0.3) is 0 Å². The van der Waals surface area contributed by atoms with Crippen LogP contribution in [0.3, 0.4) is 0 Å². The van der Waals surface area contributed by atoms with Gasteiger partial charge in [-0.2, -0.15) is 5.10 Å². The summed E-state index contributed by atoms with van der Waals surface area (Å²) in [5.74, 6) is 0. The summed E-state index contributed by atoms with van der Waals surface area (Å²) in [5.41, 5.74) is 2.38. The largest absolute Gasteiger partial charge is 0.378 e. The smallest absolute Gasteiger partial charge is 0.0921 e. The average Bonchev–Trinajstić information content (AvgIpc) is 2.80. The number of rotatable bonds is 2. The second kappa shape index (κ2) is 4.91. The molecule has 0 aliphatic carbocycles. The fourth-order valence-corrected chi connectivity index (χ4v) is 3.13. The van der Waals surface area contributed by atoms with Crippen molar-refractivity contribution in [2.45, 2.75) is 6.04 Å². The highest BCUT2D eigenvalue weighted by Gasteiger charge is 2.24. The number of hydrogen-bond acceptors (Lipinski definition) is 4. The summed E-state index contributed by atoms with van der Waals surface area (Å²) < 4.78 is 7.59. The Balaban J connectivity index is 1.85. The van der Waals surface area contributed by atoms with E-state index in [1.165, 1.54) is 11.2 Å². The second-order valence-corrected chi connectivity index (χ2v) is 5.80. The summed E-state index contributed by atoms with van der Waals surface area (Å²) >= 11 is 6.27. The first-order valence-corrected chi connectivity index (χ1v) is 7.41. The van der Waals surface area contributed by atoms with Crippen LogP contribution in [-0.2, 0) is 4.74 Å². The molecule has 0 atom stereocenters. The zero-order chi connectivity index (χ0) is 13.5. The monoisotopic (exact) mass is 292 g/mol. The lowest BCUT2D eigenvalue weighted by atomic mass is 10.1. The van der Waals surface area contributed by atoms with Gasteiger partial charge in [-0.3, -0.25) is 4.68 Å². The predicted octanol–water partition coefficient (Wildman–Crippen LogP) is 1.67. The molecular weight excluding hydrogens is 276 g/mol. The lowest BCUT2D eigenvalue weighted by molar-refractivity contribution is 0.123. The van der Waals surface area contributed by atoms with Gasteiger partial charge in [0.1, 0.15) is 0 Å². The molecule has 1 aromatic carbocycles. The molecule has 1 aromatic heterocycles. The van der Waals surface area contributed by atoms with E-state index in [1.807, 2.05) is 12.3 Å². The summed E-state index contributed by atoms with van der Waals surface area (Å²) in [4.78, 5) is 2.35. The SMILES string of the molecule is Clc1cc(N2CCOCC2)c2c(cnn2C2CNC2)c1. The van der Waals surface area contributed by atoms with E-state index in [-0.39, 0.29) is 0 Å². The Hall–Kier alpha value is -1.30. The highest BCUT2D eigenvalue weighted by Crippen LogP contribution is 2.33. The lowest BCUT2D eigenvalue weighted by Gasteiger charge is -2.32. The fourth-order valence-electron chi connectivity index (χ4n) is 2.90. The molecule has 2 aromatic rings. The molecule has 0 amide bonds. The van der Waals surface area contributed by atoms with Crippen LogP contribution < -0.4 is 10.2 Å². The summed E-state index contributed by atoms with van der Waals surface area (Å²) in [5, 5.41) is 9.76. The van der Waals surface area contributed by atoms with E-state index in [2.05, 4.69) is 26.1 Å². The van der Waals surface area contributed by atoms with Crippen LogP contribution >= 0.6 is 11.6 Å². The Labute approximate surface area is 122 Å². The minimum absolute atomic E-state index is 0.452. The number of aromatic nitrogens is 2. The molecule has 0 unspecified atom stereocenters. The van der Waals surface area contributed by atoms with Crippen molar-refractivity contribution >= 4 is 28.2 Å². The zero-order valence-electron chi connectivity index (χ0n) is 11.2. The third-order valence-corrected chi connectivity index (χ3v) is 4.31. The lowest BCUT2D eigenvalue weighted by Crippen LogP contribution is -2.44. The Morgan fingerprint density at radius 2 is 2.05 bits per heavy atom. The van der Waals surface area contributed by atoms with Crippen LogP contribution in [0.5, 0.6) is 0 Å². The molecule has 3 heterocycles. The van der Waals surface area contributed by atoms with Crippen LogP contribution in [0.2, 0.25) is 5.02 Å². The number of ether oxygens (including phenoxy) is 1. The Bertz CT molecular complexity index is 631. The maximum Gasteiger partial charge on any atom is 0.0921 e. The maximum atomic E-state index is 6.27. The minimum atomic E-state index is 0.452. The third-order valence-electron chi connectivity index (χ3n) is 4.09. The van der Waals surface area contributed by atoms with Crippen LogP contribution in [0, 0.1) is 0 Å². The van der Waals surface area contributed by atoms with Crippen LogP contribution in [0.1, 0.15) is 6.04 Å². The van der Waals surface area contributed by atoms with Gasteiger partial charge in [0, 0.05) is 36.6 Å². The number of morpholine rings is 1. The molecule has 0 saturated carbocycles. The quantitative estimate of drug-likeness (QED) is 0.914. The zero-order valence-corrected chi connectivity index (χ0v) is 11.9. The number of halogens is 1. The number of nitrogens with zero attached hydrogens (tertiary/aromatic N) is 3. The number of benzene rings is 1. The average molecular weight is 293 g/mol. The van der Waals surface area contributed by atoms with E-state index in [4.69, 9.17) is 16.3 Å². The van der Waals surface area contributed by atoms with Crippen molar-refractivity contribution in [3.05, 3.63) is 23.4 Å². The second-order valence-electron chi connectivity index (χ2n) is 5.36. The normalized spacial score (nSPS) is 20.4. The molecular formula is C14H17ClN4O. The van der Waals surface area contributed by atoms with Crippen molar-refractivity contribution in [2.24, 2.45) is 0 Å². The molecule has 0 bridgehead atoms. The van der Waals surface area contributed by atoms with Gasteiger partial charge in [0.2, 0.25) is 0 Å². The van der Waals surface area contributed by atoms with Crippen LogP contribution in [0.4, 0.5) is 5.69 Å². The number of fused-ring (bicyclic) bond motifs is 1. The Morgan fingerprint density at radius 3 is 2.75 bits per heavy atom. The molecule has 1 N–H and O–H groups in total. The van der Waals surface area contributed by atoms with Crippen molar-refractivity contribution in [3.8, 4) is 0 Å². The van der Waals surface area contributed by atoms with Gasteiger partial charge in [-0.15, -0.1) is 0 Å². The number of nitrogens with one attached hydrogen (secondary N) is 1. The first kappa shape index (κ1) is 12.4. The van der Waals surface area contributed by atoms with Crippen LogP contribution in [0.25, 0.3) is 10.9 Å². The topological polar surface area (TPSA) is 42.3 Å². The first-order chi connectivity index (χ1) is 9.83. The van der Waals surface area contributed by atoms with Gasteiger partial charge in [0.05, 0.1) is 36.7 Å². The molecule has 106 valence electrons. The predicted molar refractivity (Wildman–Crippen MR) is 79.7 cm³/mol. The van der Waals surface area contributed by atoms with E-state index in [0.29, 0.717) is 6.04 Å². The van der Waals surface area contributed by atoms with Gasteiger partial charge in [-0.05, 0) is 12.1 Å². The summed E-state index contributed by atoms with van der Waals surface area (Å²) in [6, 6.07) is 4.50. The molecule has 2 aliphatic heterocycles. The first-order valence-electron chi connectivity index (χ1n) is 7.03. The summed E-state index contributed by atoms with van der Waals surface area (Å²) in [6.07, 6.45) is 1.92. The Morgan fingerprint density at radius 1 is 1.25 bits per heavy atom. The van der Waals surface area contributed by atoms with Crippen molar-refractivity contribution in [1.82, 2.24) is 15.1 Å². The standard InChI is InChI=1S/C14H17ClN4O/c15-11-5-10-7-17-19(12-8-16-9-12)14(10)13(6-11)18-1-3-20-4-2-18/h5-7,12,16H,1-4,8-9H2. The maximum absolute atomic E-state index is 6.27. The highest BCUT2D eigenvalue weighted by molar-refractivity contribution is 6.31. The van der Waals surface area contributed by atoms with Crippen molar-refractivity contribution in [2.75, 3.05) is 44.3 Å². The summed E-state index contributed by atoms with van der Waals surface area (Å²) in [6.45, 7) is 5.33. The van der Waals surface area contributed by atoms with Gasteiger partial charge < -0.3 is 15.0 Å². The van der Waals surface area contributed by atoms with E-state index < -0.39 is 0 Å². The van der Waals surface area contributed by atoms with Crippen molar-refractivity contribution in [1.29, 1.82) is 0 Å². The van der Waals surface area contributed by atoms with Crippen molar-refractivity contribution in [3.63, 3.8) is 0 Å². The number of anilines is 1. The molecule has 0 spiro atoms. The third kappa shape index (κ3) is 1.97. The molecule has 6 heteroatoms. The number of hydrogen-bond donors (Lipinski definition) is 1. The molecule has 20 heavy (non-hydrogen) atoms. The molecule has 5 nitrogen and oxygen atoms in total. The minimum Gasteiger partial charge on any atom is -0.378 e. The molecule has 0 radical (unpaired) electrons. The van der Waals surface area contributed by atoms with E-state index in [9.17, 15) is 0 Å². The summed E-state index contributed by atoms with van der Waals surface area (Å²) in [7, 11) is 0. The van der Waals surface area contributed by atoms with Crippen molar-refractivity contribution < 1.29 is 4.74 Å². The molecule has 2 aliphatic rings. The molecule has 2 saturated heterocycles. The molecule has 4 rings (SSSR count). The highest BCUT2D eigenvalue weighted by atomic mass is 35.5. The van der Waals surface area contributed by atoms with E-state index in [1.54, 1.807) is 0 Å². The van der Waals surface area contributed by atoms with Crippen LogP contribution in [-0.4, -0.2) is 49.2 Å². The molecule has 2 fully saturated rings.